The molecule has 5 N–H and O–H groups in total. The monoisotopic (exact) mass is 544 g/mol. The van der Waals surface area contributed by atoms with E-state index in [0.717, 1.165) is 12.1 Å². The van der Waals surface area contributed by atoms with Gasteiger partial charge in [-0.2, -0.15) is 5.26 Å². The van der Waals surface area contributed by atoms with E-state index < -0.39 is 47.6 Å². The van der Waals surface area contributed by atoms with Gasteiger partial charge < -0.3 is 26.2 Å². The Balaban J connectivity index is 2.45. The van der Waals surface area contributed by atoms with Gasteiger partial charge >= 0.3 is 0 Å². The van der Waals surface area contributed by atoms with Gasteiger partial charge in [0, 0.05) is 42.3 Å². The first-order valence-electron chi connectivity index (χ1n) is 12.7. The van der Waals surface area contributed by atoms with Crippen molar-refractivity contribution in [1.29, 1.82) is 5.26 Å². The minimum absolute atomic E-state index is 0.0664. The van der Waals surface area contributed by atoms with Crippen molar-refractivity contribution in [2.75, 3.05) is 13.1 Å². The number of rotatable bonds is 14. The lowest BCUT2D eigenvalue weighted by Crippen LogP contribution is -2.50. The topological polar surface area (TPSA) is 157 Å². The maximum atomic E-state index is 13.8. The molecule has 2 aromatic rings. The van der Waals surface area contributed by atoms with Crippen LogP contribution in [0.2, 0.25) is 0 Å². The fourth-order valence-electron chi connectivity index (χ4n) is 4.20. The molecule has 0 saturated heterocycles. The predicted octanol–water partition coefficient (Wildman–Crippen LogP) is 2.69. The molecule has 0 radical (unpaired) electrons. The predicted molar refractivity (Wildman–Crippen MR) is 140 cm³/mol. The van der Waals surface area contributed by atoms with Gasteiger partial charge in [-0.15, -0.1) is 0 Å². The summed E-state index contributed by atoms with van der Waals surface area (Å²) in [7, 11) is 0. The van der Waals surface area contributed by atoms with Gasteiger partial charge in [0.05, 0.1) is 18.2 Å². The van der Waals surface area contributed by atoms with Crippen LogP contribution in [0.1, 0.15) is 76.2 Å². The second-order valence-corrected chi connectivity index (χ2v) is 9.27. The third-order valence-electron chi connectivity index (χ3n) is 6.05. The van der Waals surface area contributed by atoms with Crippen LogP contribution in [-0.4, -0.2) is 64.2 Å². The number of hydrogen-bond acceptors (Lipinski definition) is 6. The van der Waals surface area contributed by atoms with E-state index in [4.69, 9.17) is 11.0 Å². The summed E-state index contributed by atoms with van der Waals surface area (Å²) >= 11 is 0. The molecule has 9 nitrogen and oxygen atoms in total. The number of nitriles is 1. The van der Waals surface area contributed by atoms with Gasteiger partial charge in [0.15, 0.2) is 0 Å². The third-order valence-corrected chi connectivity index (χ3v) is 6.05. The normalized spacial score (nSPS) is 13.2. The highest BCUT2D eigenvalue weighted by Crippen LogP contribution is 2.18. The van der Waals surface area contributed by atoms with Crippen molar-refractivity contribution in [2.24, 2.45) is 5.73 Å². The zero-order chi connectivity index (χ0) is 29.1. The Hall–Kier alpha value is -3.88. The van der Waals surface area contributed by atoms with Gasteiger partial charge in [-0.05, 0) is 61.6 Å². The summed E-state index contributed by atoms with van der Waals surface area (Å²) in [5.41, 5.74) is 5.41. The fourth-order valence-corrected chi connectivity index (χ4v) is 4.20. The smallest absolute Gasteiger partial charge is 0.253 e. The Morgan fingerprint density at radius 2 is 1.54 bits per heavy atom. The summed E-state index contributed by atoms with van der Waals surface area (Å²) in [6.45, 7) is 4.76. The van der Waals surface area contributed by atoms with Crippen LogP contribution in [0.15, 0.2) is 36.4 Å². The maximum absolute atomic E-state index is 13.8. The number of nitrogens with one attached hydrogen (secondary N) is 1. The molecule has 0 bridgehead atoms. The highest BCUT2D eigenvalue weighted by Gasteiger charge is 2.29. The van der Waals surface area contributed by atoms with E-state index in [2.05, 4.69) is 5.32 Å². The molecule has 3 amide bonds. The third kappa shape index (κ3) is 9.12. The van der Waals surface area contributed by atoms with Crippen molar-refractivity contribution in [2.45, 2.75) is 64.2 Å². The Morgan fingerprint density at radius 3 is 2.08 bits per heavy atom. The second-order valence-electron chi connectivity index (χ2n) is 9.27. The van der Waals surface area contributed by atoms with Gasteiger partial charge in [-0.1, -0.05) is 13.8 Å². The lowest BCUT2D eigenvalue weighted by Gasteiger charge is -2.28. The lowest BCUT2D eigenvalue weighted by molar-refractivity contribution is -0.00644. The summed E-state index contributed by atoms with van der Waals surface area (Å²) < 4.78 is 27.6. The molecule has 0 heterocycles. The fraction of sp³-hybridized carbons (Fsp3) is 0.429. The van der Waals surface area contributed by atoms with Crippen molar-refractivity contribution < 1.29 is 33.4 Å². The lowest BCUT2D eigenvalue weighted by atomic mass is 9.95. The zero-order valence-electron chi connectivity index (χ0n) is 22.0. The van der Waals surface area contributed by atoms with Gasteiger partial charge in [0.1, 0.15) is 17.7 Å². The summed E-state index contributed by atoms with van der Waals surface area (Å²) in [6.07, 6.45) is -2.11. The Bertz CT molecular complexity index is 1190. The van der Waals surface area contributed by atoms with Gasteiger partial charge in [0.25, 0.3) is 11.8 Å². The molecule has 0 fully saturated rings. The number of halogens is 2. The van der Waals surface area contributed by atoms with Crippen LogP contribution in [0.3, 0.4) is 0 Å². The van der Waals surface area contributed by atoms with E-state index in [9.17, 15) is 33.4 Å². The van der Waals surface area contributed by atoms with Crippen LogP contribution in [0.4, 0.5) is 8.78 Å². The molecule has 3 atom stereocenters. The largest absolute Gasteiger partial charge is 0.390 e. The first kappa shape index (κ1) is 31.3. The first-order chi connectivity index (χ1) is 18.5. The highest BCUT2D eigenvalue weighted by molar-refractivity contribution is 6.04. The van der Waals surface area contributed by atoms with Crippen LogP contribution in [0.25, 0.3) is 0 Å². The Morgan fingerprint density at radius 1 is 0.974 bits per heavy atom. The van der Waals surface area contributed by atoms with Crippen molar-refractivity contribution >= 4 is 17.7 Å². The molecule has 0 saturated carbocycles. The second kappa shape index (κ2) is 14.9. The van der Waals surface area contributed by atoms with Crippen molar-refractivity contribution in [3.63, 3.8) is 0 Å². The number of carbonyl (C=O) groups excluding carboxylic acids is 3. The van der Waals surface area contributed by atoms with Gasteiger partial charge in [-0.3, -0.25) is 14.4 Å². The number of benzene rings is 2. The van der Waals surface area contributed by atoms with Crippen LogP contribution in [0, 0.1) is 23.0 Å². The van der Waals surface area contributed by atoms with Crippen LogP contribution < -0.4 is 11.1 Å². The van der Waals surface area contributed by atoms with E-state index in [0.29, 0.717) is 32.0 Å². The van der Waals surface area contributed by atoms with E-state index in [1.807, 2.05) is 19.9 Å². The molecule has 11 heteroatoms. The molecule has 0 aromatic heterocycles. The molecule has 39 heavy (non-hydrogen) atoms. The minimum Gasteiger partial charge on any atom is -0.390 e. The van der Waals surface area contributed by atoms with E-state index >= 15 is 0 Å². The molecule has 210 valence electrons. The number of nitrogens with zero attached hydrogens (tertiary/aromatic N) is 2. The number of amides is 3. The molecule has 0 aliphatic carbocycles. The van der Waals surface area contributed by atoms with Crippen LogP contribution >= 0.6 is 0 Å². The van der Waals surface area contributed by atoms with Crippen LogP contribution in [-0.2, 0) is 6.42 Å². The van der Waals surface area contributed by atoms with Crippen molar-refractivity contribution in [1.82, 2.24) is 10.2 Å². The Kier molecular flexibility index (Phi) is 12.0. The molecule has 0 aliphatic rings. The molecular formula is C28H34F2N4O5. The number of hydrogen-bond donors (Lipinski definition) is 4. The van der Waals surface area contributed by atoms with Crippen molar-refractivity contribution in [3.05, 3.63) is 70.3 Å². The molecule has 3 unspecified atom stereocenters. The SMILES string of the molecule is CCCN(CCC)C(=O)c1cc(C(N)=O)cc(C(=O)NC(Cc2cc(F)cc(F)c2)C(O)C(O)CCC#N)c1. The number of aliphatic hydroxyl groups is 2. The molecule has 0 spiro atoms. The number of carbonyl (C=O) groups is 3. The zero-order valence-corrected chi connectivity index (χ0v) is 22.0. The summed E-state index contributed by atoms with van der Waals surface area (Å²) in [4.78, 5) is 40.1. The summed E-state index contributed by atoms with van der Waals surface area (Å²) in [5.74, 6) is -3.81. The number of aliphatic hydroxyl groups excluding tert-OH is 2. The summed E-state index contributed by atoms with van der Waals surface area (Å²) in [5, 5.41) is 32.5. The summed E-state index contributed by atoms with van der Waals surface area (Å²) in [6, 6.07) is 7.10. The quantitative estimate of drug-likeness (QED) is 0.286. The number of nitrogens with two attached hydrogens (primary N) is 1. The average molecular weight is 545 g/mol. The number of primary amides is 1. The van der Waals surface area contributed by atoms with E-state index in [-0.39, 0.29) is 41.5 Å². The first-order valence-corrected chi connectivity index (χ1v) is 12.7. The van der Waals surface area contributed by atoms with E-state index in [1.165, 1.54) is 18.2 Å². The van der Waals surface area contributed by atoms with Crippen molar-refractivity contribution in [3.8, 4) is 6.07 Å². The molecule has 2 aromatic carbocycles. The molecular weight excluding hydrogens is 510 g/mol. The Labute approximate surface area is 226 Å². The van der Waals surface area contributed by atoms with Gasteiger partial charge in [0.2, 0.25) is 5.91 Å². The average Bonchev–Trinajstić information content (AvgIpc) is 2.89. The maximum Gasteiger partial charge on any atom is 0.253 e. The van der Waals surface area contributed by atoms with Crippen LogP contribution in [0.5, 0.6) is 0 Å². The highest BCUT2D eigenvalue weighted by atomic mass is 19.1. The minimum atomic E-state index is -1.61. The standard InChI is InChI=1S/C28H34F2N4O5/c1-3-8-34(9-4-2)28(39)20-14-18(26(32)37)13-19(15-20)27(38)33-23(25(36)24(35)6-5-7-31)12-17-10-21(29)16-22(30)11-17/h10-11,13-16,23-25,35-36H,3-6,8-9,12H2,1-2H3,(H2,32,37)(H,33,38). The molecule has 2 rings (SSSR count). The molecule has 0 aliphatic heterocycles. The van der Waals surface area contributed by atoms with Gasteiger partial charge in [-0.25, -0.2) is 8.78 Å². The van der Waals surface area contributed by atoms with E-state index in [1.54, 1.807) is 4.90 Å².